The van der Waals surface area contributed by atoms with Crippen LogP contribution in [-0.2, 0) is 9.53 Å². The van der Waals surface area contributed by atoms with Crippen molar-refractivity contribution >= 4 is 14.0 Å². The zero-order valence-electron chi connectivity index (χ0n) is 10.5. The fraction of sp³-hybridized carbons (Fsp3) is 0.917. The quantitative estimate of drug-likeness (QED) is 0.514. The molecule has 15 heavy (non-hydrogen) atoms. The lowest BCUT2D eigenvalue weighted by Gasteiger charge is -2.28. The number of hydrogen-bond donors (Lipinski definition) is 0. The fourth-order valence-corrected chi connectivity index (χ4v) is 7.73. The van der Waals surface area contributed by atoms with Gasteiger partial charge in [-0.25, -0.2) is 0 Å². The van der Waals surface area contributed by atoms with Crippen molar-refractivity contribution in [2.24, 2.45) is 5.92 Å². The Labute approximate surface area is 94.4 Å². The first-order valence-corrected chi connectivity index (χ1v) is 9.01. The second-order valence-electron chi connectivity index (χ2n) is 4.62. The summed E-state index contributed by atoms with van der Waals surface area (Å²) in [5.74, 6) is 0.325. The second-order valence-corrected chi connectivity index (χ2v) is 10.2. The van der Waals surface area contributed by atoms with Gasteiger partial charge in [-0.05, 0) is 18.9 Å². The van der Waals surface area contributed by atoms with Crippen molar-refractivity contribution in [1.29, 1.82) is 0 Å². The molecule has 3 heteroatoms. The molecule has 1 rings (SSSR count). The van der Waals surface area contributed by atoms with E-state index in [-0.39, 0.29) is 11.9 Å². The maximum absolute atomic E-state index is 11.6. The van der Waals surface area contributed by atoms with Crippen molar-refractivity contribution in [3.8, 4) is 0 Å². The number of esters is 1. The number of rotatable bonds is 6. The molecule has 0 N–H and O–H groups in total. The average Bonchev–Trinajstić information content (AvgIpc) is 3.03. The van der Waals surface area contributed by atoms with Gasteiger partial charge >= 0.3 is 5.97 Å². The van der Waals surface area contributed by atoms with Gasteiger partial charge in [0, 0.05) is 0 Å². The summed E-state index contributed by atoms with van der Waals surface area (Å²) in [5.41, 5.74) is 0.719. The molecular formula is C12H24O2Si. The molecular weight excluding hydrogens is 204 g/mol. The van der Waals surface area contributed by atoms with Crippen molar-refractivity contribution in [3.63, 3.8) is 0 Å². The van der Waals surface area contributed by atoms with Crippen molar-refractivity contribution in [3.05, 3.63) is 0 Å². The molecule has 0 radical (unpaired) electrons. The van der Waals surface area contributed by atoms with Crippen LogP contribution < -0.4 is 0 Å². The Bertz CT molecular complexity index is 215. The first-order chi connectivity index (χ1) is 7.15. The van der Waals surface area contributed by atoms with E-state index < -0.39 is 8.07 Å². The monoisotopic (exact) mass is 228 g/mol. The maximum atomic E-state index is 11.6. The Kier molecular flexibility index (Phi) is 4.38. The normalized spacial score (nSPS) is 25.1. The molecule has 0 spiro atoms. The van der Waals surface area contributed by atoms with Crippen molar-refractivity contribution in [1.82, 2.24) is 0 Å². The third-order valence-electron chi connectivity index (χ3n) is 4.28. The first kappa shape index (κ1) is 12.8. The molecule has 0 amide bonds. The van der Waals surface area contributed by atoms with Gasteiger partial charge in [0.1, 0.15) is 0 Å². The Morgan fingerprint density at radius 3 is 2.13 bits per heavy atom. The number of carbonyl (C=O) groups excluding carboxylic acids is 1. The van der Waals surface area contributed by atoms with Gasteiger partial charge in [-0.3, -0.25) is 4.79 Å². The van der Waals surface area contributed by atoms with E-state index in [4.69, 9.17) is 4.74 Å². The van der Waals surface area contributed by atoms with Crippen LogP contribution in [0.5, 0.6) is 0 Å². The highest BCUT2D eigenvalue weighted by Crippen LogP contribution is 2.56. The molecule has 0 aliphatic heterocycles. The van der Waals surface area contributed by atoms with E-state index in [1.807, 2.05) is 6.92 Å². The van der Waals surface area contributed by atoms with Gasteiger partial charge in [-0.1, -0.05) is 38.9 Å². The zero-order chi connectivity index (χ0) is 11.5. The molecule has 0 aromatic heterocycles. The lowest BCUT2D eigenvalue weighted by atomic mass is 10.4. The van der Waals surface area contributed by atoms with Gasteiger partial charge in [-0.2, -0.15) is 0 Å². The lowest BCUT2D eigenvalue weighted by Crippen LogP contribution is -2.33. The number of hydrogen-bond acceptors (Lipinski definition) is 2. The van der Waals surface area contributed by atoms with Crippen LogP contribution in [0, 0.1) is 5.92 Å². The van der Waals surface area contributed by atoms with E-state index in [1.54, 1.807) is 0 Å². The lowest BCUT2D eigenvalue weighted by molar-refractivity contribution is -0.144. The summed E-state index contributed by atoms with van der Waals surface area (Å²) >= 11 is 0. The van der Waals surface area contributed by atoms with Gasteiger partial charge in [0.05, 0.1) is 20.6 Å². The van der Waals surface area contributed by atoms with E-state index in [1.165, 1.54) is 18.1 Å². The summed E-state index contributed by atoms with van der Waals surface area (Å²) in [7, 11) is -1.14. The molecule has 2 atom stereocenters. The molecule has 1 fully saturated rings. The largest absolute Gasteiger partial charge is 0.466 e. The predicted molar refractivity (Wildman–Crippen MR) is 65.7 cm³/mol. The summed E-state index contributed by atoms with van der Waals surface area (Å²) in [4.78, 5) is 11.6. The third-order valence-corrected chi connectivity index (χ3v) is 10.7. The molecule has 88 valence electrons. The van der Waals surface area contributed by atoms with Crippen LogP contribution in [0.15, 0.2) is 0 Å². The Hall–Kier alpha value is -0.313. The van der Waals surface area contributed by atoms with Crippen LogP contribution in [0.25, 0.3) is 0 Å². The van der Waals surface area contributed by atoms with Crippen LogP contribution in [0.3, 0.4) is 0 Å². The number of ether oxygens (including phenoxy) is 1. The van der Waals surface area contributed by atoms with E-state index >= 15 is 0 Å². The Morgan fingerprint density at radius 2 is 1.73 bits per heavy atom. The minimum absolute atomic E-state index is 0.0646. The minimum Gasteiger partial charge on any atom is -0.466 e. The second kappa shape index (κ2) is 5.15. The number of carbonyl (C=O) groups is 1. The van der Waals surface area contributed by atoms with E-state index in [2.05, 4.69) is 20.8 Å². The summed E-state index contributed by atoms with van der Waals surface area (Å²) < 4.78 is 5.11. The molecule has 1 aliphatic rings. The molecule has 0 aromatic rings. The van der Waals surface area contributed by atoms with Crippen molar-refractivity contribution < 1.29 is 9.53 Å². The van der Waals surface area contributed by atoms with Crippen LogP contribution >= 0.6 is 0 Å². The standard InChI is InChI=1S/C12H24O2Si/c1-5-14-12(13)10-9-11(10)15(6-2,7-3)8-4/h10-11H,5-9H2,1-4H3/t10-,11-/m1/s1. The minimum atomic E-state index is -1.14. The molecule has 0 unspecified atom stereocenters. The van der Waals surface area contributed by atoms with Gasteiger partial charge < -0.3 is 4.74 Å². The van der Waals surface area contributed by atoms with Gasteiger partial charge in [0.2, 0.25) is 0 Å². The van der Waals surface area contributed by atoms with E-state index in [0.717, 1.165) is 12.0 Å². The van der Waals surface area contributed by atoms with Crippen LogP contribution in [0.1, 0.15) is 34.1 Å². The molecule has 1 aliphatic carbocycles. The van der Waals surface area contributed by atoms with E-state index in [9.17, 15) is 4.79 Å². The van der Waals surface area contributed by atoms with Crippen LogP contribution in [0.4, 0.5) is 0 Å². The van der Waals surface area contributed by atoms with Gasteiger partial charge in [0.15, 0.2) is 0 Å². The Morgan fingerprint density at radius 1 is 1.20 bits per heavy atom. The summed E-state index contributed by atoms with van der Waals surface area (Å²) in [6.45, 7) is 9.33. The van der Waals surface area contributed by atoms with Gasteiger partial charge in [-0.15, -0.1) is 0 Å². The average molecular weight is 228 g/mol. The predicted octanol–water partition coefficient (Wildman–Crippen LogP) is 3.45. The summed E-state index contributed by atoms with van der Waals surface area (Å²) in [6.07, 6.45) is 1.11. The highest BCUT2D eigenvalue weighted by atomic mass is 28.3. The molecule has 0 saturated heterocycles. The molecule has 0 bridgehead atoms. The maximum Gasteiger partial charge on any atom is 0.308 e. The molecule has 0 heterocycles. The van der Waals surface area contributed by atoms with Gasteiger partial charge in [0.25, 0.3) is 0 Å². The van der Waals surface area contributed by atoms with E-state index in [0.29, 0.717) is 6.61 Å². The SMILES string of the molecule is CCOC(=O)[C@@H]1C[C@H]1[Si](CC)(CC)CC. The first-order valence-electron chi connectivity index (χ1n) is 6.31. The topological polar surface area (TPSA) is 26.3 Å². The fourth-order valence-electron chi connectivity index (χ4n) is 2.92. The summed E-state index contributed by atoms with van der Waals surface area (Å²) in [5, 5.41) is 0. The van der Waals surface area contributed by atoms with Crippen molar-refractivity contribution in [2.45, 2.75) is 57.8 Å². The Balaban J connectivity index is 2.57. The zero-order valence-corrected chi connectivity index (χ0v) is 11.5. The molecule has 0 aromatic carbocycles. The molecule has 1 saturated carbocycles. The smallest absolute Gasteiger partial charge is 0.308 e. The summed E-state index contributed by atoms with van der Waals surface area (Å²) in [6, 6.07) is 3.96. The molecule has 2 nitrogen and oxygen atoms in total. The van der Waals surface area contributed by atoms with Crippen molar-refractivity contribution in [2.75, 3.05) is 6.61 Å². The van der Waals surface area contributed by atoms with Crippen LogP contribution in [-0.4, -0.2) is 20.7 Å². The highest BCUT2D eigenvalue weighted by molar-refractivity contribution is 6.82. The highest BCUT2D eigenvalue weighted by Gasteiger charge is 2.54. The van der Waals surface area contributed by atoms with Crippen LogP contribution in [0.2, 0.25) is 23.7 Å². The third kappa shape index (κ3) is 2.44.